The second-order valence-corrected chi connectivity index (χ2v) is 7.55. The maximum Gasteiger partial charge on any atom is 0.273 e. The van der Waals surface area contributed by atoms with E-state index in [1.807, 2.05) is 30.3 Å². The number of hydrazine groups is 1. The quantitative estimate of drug-likeness (QED) is 0.399. The first-order valence-electron chi connectivity index (χ1n) is 10.7. The van der Waals surface area contributed by atoms with Crippen molar-refractivity contribution >= 4 is 11.8 Å². The van der Waals surface area contributed by atoms with Crippen LogP contribution in [-0.4, -0.2) is 35.8 Å². The molecule has 0 aliphatic heterocycles. The lowest BCUT2D eigenvalue weighted by molar-refractivity contribution is -0.121. The molecule has 0 unspecified atom stereocenters. The molecule has 0 bridgehead atoms. The van der Waals surface area contributed by atoms with Gasteiger partial charge in [0.2, 0.25) is 5.91 Å². The van der Waals surface area contributed by atoms with Crippen LogP contribution in [0.4, 0.5) is 4.39 Å². The normalized spacial score (nSPS) is 10.5. The van der Waals surface area contributed by atoms with Gasteiger partial charge in [0.25, 0.3) is 5.91 Å². The highest BCUT2D eigenvalue weighted by molar-refractivity contribution is 6.00. The highest BCUT2D eigenvalue weighted by Crippen LogP contribution is 2.33. The van der Waals surface area contributed by atoms with Gasteiger partial charge in [-0.3, -0.25) is 20.4 Å². The molecule has 8 nitrogen and oxygen atoms in total. The molecule has 0 saturated carbocycles. The summed E-state index contributed by atoms with van der Waals surface area (Å²) in [4.78, 5) is 25.4. The molecule has 178 valence electrons. The van der Waals surface area contributed by atoms with Crippen molar-refractivity contribution in [1.82, 2.24) is 20.6 Å². The number of para-hydroxylation sites is 1. The van der Waals surface area contributed by atoms with E-state index in [0.29, 0.717) is 28.3 Å². The number of aromatic nitrogens is 2. The van der Waals surface area contributed by atoms with Gasteiger partial charge in [0.1, 0.15) is 11.5 Å². The molecular weight excluding hydrogens is 451 g/mol. The zero-order chi connectivity index (χ0) is 24.8. The predicted octanol–water partition coefficient (Wildman–Crippen LogP) is 3.70. The smallest absolute Gasteiger partial charge is 0.273 e. The van der Waals surface area contributed by atoms with E-state index in [1.54, 1.807) is 29.1 Å². The van der Waals surface area contributed by atoms with E-state index in [0.717, 1.165) is 5.69 Å². The Kier molecular flexibility index (Phi) is 7.06. The number of ether oxygens (including phenoxy) is 2. The second kappa shape index (κ2) is 10.5. The Labute approximate surface area is 201 Å². The Morgan fingerprint density at radius 1 is 0.914 bits per heavy atom. The molecule has 35 heavy (non-hydrogen) atoms. The Bertz CT molecular complexity index is 1340. The molecule has 4 rings (SSSR count). The third kappa shape index (κ3) is 5.47. The minimum atomic E-state index is -0.551. The summed E-state index contributed by atoms with van der Waals surface area (Å²) in [6.07, 6.45) is 1.56. The average molecular weight is 474 g/mol. The summed E-state index contributed by atoms with van der Waals surface area (Å²) >= 11 is 0. The van der Waals surface area contributed by atoms with Gasteiger partial charge in [0.15, 0.2) is 11.5 Å². The molecule has 2 amide bonds. The number of nitrogens with zero attached hydrogens (tertiary/aromatic N) is 2. The van der Waals surface area contributed by atoms with Crippen molar-refractivity contribution in [3.63, 3.8) is 0 Å². The second-order valence-electron chi connectivity index (χ2n) is 7.55. The standard InChI is InChI=1S/C26H23FN4O4/c1-34-22-13-10-18(15-23(22)35-2)25-21(16-31(30-25)20-6-4-3-5-7-20)26(33)29-28-24(32)14-17-8-11-19(27)12-9-17/h3-13,15-16H,14H2,1-2H3,(H,28,32)(H,29,33). The summed E-state index contributed by atoms with van der Waals surface area (Å²) in [6, 6.07) is 20.1. The zero-order valence-corrected chi connectivity index (χ0v) is 19.1. The molecule has 9 heteroatoms. The lowest BCUT2D eigenvalue weighted by atomic mass is 10.1. The Morgan fingerprint density at radius 2 is 1.63 bits per heavy atom. The molecule has 0 spiro atoms. The van der Waals surface area contributed by atoms with Gasteiger partial charge in [0, 0.05) is 11.8 Å². The van der Waals surface area contributed by atoms with Crippen LogP contribution in [-0.2, 0) is 11.2 Å². The lowest BCUT2D eigenvalue weighted by Gasteiger charge is -2.10. The van der Waals surface area contributed by atoms with Crippen molar-refractivity contribution in [2.75, 3.05) is 14.2 Å². The van der Waals surface area contributed by atoms with Crippen LogP contribution in [0.5, 0.6) is 11.5 Å². The van der Waals surface area contributed by atoms with E-state index < -0.39 is 11.8 Å². The first-order chi connectivity index (χ1) is 17.0. The van der Waals surface area contributed by atoms with Gasteiger partial charge in [-0.1, -0.05) is 30.3 Å². The molecule has 1 heterocycles. The summed E-state index contributed by atoms with van der Waals surface area (Å²) in [5.74, 6) is -0.367. The molecule has 0 radical (unpaired) electrons. The van der Waals surface area contributed by atoms with E-state index in [1.165, 1.54) is 38.5 Å². The number of nitrogens with one attached hydrogen (secondary N) is 2. The molecule has 0 aliphatic rings. The highest BCUT2D eigenvalue weighted by Gasteiger charge is 2.20. The topological polar surface area (TPSA) is 94.5 Å². The van der Waals surface area contributed by atoms with Gasteiger partial charge >= 0.3 is 0 Å². The van der Waals surface area contributed by atoms with E-state index in [-0.39, 0.29) is 17.8 Å². The number of carbonyl (C=O) groups excluding carboxylic acids is 2. The molecule has 3 aromatic carbocycles. The summed E-state index contributed by atoms with van der Waals surface area (Å²) in [7, 11) is 3.06. The Balaban J connectivity index is 1.60. The van der Waals surface area contributed by atoms with Gasteiger partial charge in [-0.05, 0) is 48.0 Å². The number of benzene rings is 3. The Hall–Kier alpha value is -4.66. The van der Waals surface area contributed by atoms with Crippen molar-refractivity contribution in [3.05, 3.63) is 95.9 Å². The van der Waals surface area contributed by atoms with E-state index in [2.05, 4.69) is 16.0 Å². The van der Waals surface area contributed by atoms with Crippen LogP contribution in [0, 0.1) is 5.82 Å². The molecular formula is C26H23FN4O4. The Morgan fingerprint density at radius 3 is 2.31 bits per heavy atom. The lowest BCUT2D eigenvalue weighted by Crippen LogP contribution is -2.42. The monoisotopic (exact) mass is 474 g/mol. The van der Waals surface area contributed by atoms with Gasteiger partial charge < -0.3 is 9.47 Å². The minimum absolute atomic E-state index is 0.0215. The molecule has 1 aromatic heterocycles. The molecule has 2 N–H and O–H groups in total. The summed E-state index contributed by atoms with van der Waals surface area (Å²) in [6.45, 7) is 0. The number of methoxy groups -OCH3 is 2. The fraction of sp³-hybridized carbons (Fsp3) is 0.115. The first-order valence-corrected chi connectivity index (χ1v) is 10.7. The summed E-state index contributed by atoms with van der Waals surface area (Å²) in [5.41, 5.74) is 7.46. The zero-order valence-electron chi connectivity index (χ0n) is 19.1. The van der Waals surface area contributed by atoms with Crippen LogP contribution >= 0.6 is 0 Å². The van der Waals surface area contributed by atoms with Gasteiger partial charge in [0.05, 0.1) is 31.9 Å². The minimum Gasteiger partial charge on any atom is -0.493 e. The van der Waals surface area contributed by atoms with E-state index in [4.69, 9.17) is 9.47 Å². The molecule has 4 aromatic rings. The van der Waals surface area contributed by atoms with Crippen molar-refractivity contribution in [2.24, 2.45) is 0 Å². The number of halogens is 1. The van der Waals surface area contributed by atoms with Crippen molar-refractivity contribution in [3.8, 4) is 28.4 Å². The predicted molar refractivity (Wildman–Crippen MR) is 128 cm³/mol. The van der Waals surface area contributed by atoms with Gasteiger partial charge in [-0.25, -0.2) is 9.07 Å². The summed E-state index contributed by atoms with van der Waals surface area (Å²) < 4.78 is 25.4. The third-order valence-electron chi connectivity index (χ3n) is 5.23. The van der Waals surface area contributed by atoms with Crippen molar-refractivity contribution in [2.45, 2.75) is 6.42 Å². The van der Waals surface area contributed by atoms with Crippen molar-refractivity contribution < 1.29 is 23.5 Å². The maximum atomic E-state index is 13.1. The van der Waals surface area contributed by atoms with Crippen LogP contribution in [0.25, 0.3) is 16.9 Å². The SMILES string of the molecule is COc1ccc(-c2nn(-c3ccccc3)cc2C(=O)NNC(=O)Cc2ccc(F)cc2)cc1OC. The van der Waals surface area contributed by atoms with Gasteiger partial charge in [-0.15, -0.1) is 0 Å². The maximum absolute atomic E-state index is 13.1. The fourth-order valence-electron chi connectivity index (χ4n) is 3.48. The van der Waals surface area contributed by atoms with Crippen LogP contribution in [0.2, 0.25) is 0 Å². The number of hydrogen-bond acceptors (Lipinski definition) is 5. The molecule has 0 aliphatic carbocycles. The number of carbonyl (C=O) groups is 2. The average Bonchev–Trinajstić information content (AvgIpc) is 3.34. The van der Waals surface area contributed by atoms with Crippen LogP contribution < -0.4 is 20.3 Å². The molecule has 0 fully saturated rings. The van der Waals surface area contributed by atoms with E-state index >= 15 is 0 Å². The third-order valence-corrected chi connectivity index (χ3v) is 5.23. The first kappa shape index (κ1) is 23.5. The number of amides is 2. The van der Waals surface area contributed by atoms with E-state index in [9.17, 15) is 14.0 Å². The van der Waals surface area contributed by atoms with Crippen LogP contribution in [0.15, 0.2) is 79.0 Å². The van der Waals surface area contributed by atoms with Crippen molar-refractivity contribution in [1.29, 1.82) is 0 Å². The molecule has 0 atom stereocenters. The number of rotatable bonds is 7. The number of hydrogen-bond donors (Lipinski definition) is 2. The highest BCUT2D eigenvalue weighted by atomic mass is 19.1. The fourth-order valence-corrected chi connectivity index (χ4v) is 3.48. The summed E-state index contributed by atoms with van der Waals surface area (Å²) in [5, 5.41) is 4.62. The van der Waals surface area contributed by atoms with Crippen LogP contribution in [0.1, 0.15) is 15.9 Å². The molecule has 0 saturated heterocycles. The largest absolute Gasteiger partial charge is 0.493 e. The van der Waals surface area contributed by atoms with Crippen LogP contribution in [0.3, 0.4) is 0 Å². The van der Waals surface area contributed by atoms with Gasteiger partial charge in [-0.2, -0.15) is 5.10 Å².